The summed E-state index contributed by atoms with van der Waals surface area (Å²) < 4.78 is 0. The quantitative estimate of drug-likeness (QED) is 0.485. The average molecular weight is 188 g/mol. The van der Waals surface area contributed by atoms with Crippen molar-refractivity contribution in [1.82, 2.24) is 0 Å². The zero-order chi connectivity index (χ0) is 9.56. The Kier molecular flexibility index (Phi) is 6.58. The third kappa shape index (κ3) is 4.17. The summed E-state index contributed by atoms with van der Waals surface area (Å²) in [5.74, 6) is 0.767. The lowest BCUT2D eigenvalue weighted by molar-refractivity contribution is 0.142. The van der Waals surface area contributed by atoms with Crippen molar-refractivity contribution >= 4 is 12.6 Å². The Morgan fingerprint density at radius 2 is 2.17 bits per heavy atom. The second-order valence-corrected chi connectivity index (χ2v) is 3.71. The fourth-order valence-corrected chi connectivity index (χ4v) is 1.57. The molecule has 0 aromatic carbocycles. The van der Waals surface area contributed by atoms with Crippen molar-refractivity contribution in [2.45, 2.75) is 39.2 Å². The van der Waals surface area contributed by atoms with E-state index < -0.39 is 0 Å². The summed E-state index contributed by atoms with van der Waals surface area (Å²) in [4.78, 5) is 0. The van der Waals surface area contributed by atoms with E-state index in [1.807, 2.05) is 6.92 Å². The zero-order valence-electron chi connectivity index (χ0n) is 8.08. The first-order valence-electron chi connectivity index (χ1n) is 4.57. The van der Waals surface area contributed by atoms with Crippen LogP contribution in [0.15, 0.2) is 12.2 Å². The number of hydrogen-bond acceptors (Lipinski definition) is 2. The summed E-state index contributed by atoms with van der Waals surface area (Å²) in [6.07, 6.45) is 3.04. The van der Waals surface area contributed by atoms with Crippen molar-refractivity contribution < 1.29 is 5.11 Å². The molecule has 0 aliphatic rings. The number of aliphatic hydroxyl groups is 1. The molecule has 0 fully saturated rings. The van der Waals surface area contributed by atoms with Gasteiger partial charge in [0.1, 0.15) is 0 Å². The summed E-state index contributed by atoms with van der Waals surface area (Å²) in [7, 11) is 0. The molecule has 0 aliphatic heterocycles. The van der Waals surface area contributed by atoms with Gasteiger partial charge >= 0.3 is 0 Å². The zero-order valence-corrected chi connectivity index (χ0v) is 8.98. The molecule has 72 valence electrons. The first kappa shape index (κ1) is 12.0. The molecule has 2 heteroatoms. The molecule has 0 heterocycles. The Morgan fingerprint density at radius 3 is 2.50 bits per heavy atom. The van der Waals surface area contributed by atoms with Gasteiger partial charge in [0.15, 0.2) is 0 Å². The molecule has 0 bridgehead atoms. The van der Waals surface area contributed by atoms with Gasteiger partial charge in [0.25, 0.3) is 0 Å². The SMILES string of the molecule is C=C(C)[C@@H](CCCC)[C@@H](O)CS. The summed E-state index contributed by atoms with van der Waals surface area (Å²) >= 11 is 4.08. The highest BCUT2D eigenvalue weighted by atomic mass is 32.1. The molecule has 0 radical (unpaired) electrons. The van der Waals surface area contributed by atoms with Crippen molar-refractivity contribution in [2.24, 2.45) is 5.92 Å². The van der Waals surface area contributed by atoms with E-state index in [-0.39, 0.29) is 12.0 Å². The van der Waals surface area contributed by atoms with Crippen LogP contribution >= 0.6 is 12.6 Å². The minimum absolute atomic E-state index is 0.238. The molecule has 0 spiro atoms. The third-order valence-corrected chi connectivity index (χ3v) is 2.53. The van der Waals surface area contributed by atoms with Crippen LogP contribution in [0.2, 0.25) is 0 Å². The van der Waals surface area contributed by atoms with E-state index in [9.17, 15) is 5.11 Å². The molecule has 1 N–H and O–H groups in total. The monoisotopic (exact) mass is 188 g/mol. The minimum atomic E-state index is -0.322. The number of thiol groups is 1. The lowest BCUT2D eigenvalue weighted by Crippen LogP contribution is -2.22. The van der Waals surface area contributed by atoms with Crippen molar-refractivity contribution in [3.8, 4) is 0 Å². The standard InChI is InChI=1S/C10H20OS/c1-4-5-6-9(8(2)3)10(11)7-12/h9-12H,2,4-7H2,1,3H3/t9-,10+/m1/s1. The number of hydrogen-bond donors (Lipinski definition) is 2. The van der Waals surface area contributed by atoms with Gasteiger partial charge in [0.05, 0.1) is 6.10 Å². The van der Waals surface area contributed by atoms with Crippen LogP contribution in [0.5, 0.6) is 0 Å². The lowest BCUT2D eigenvalue weighted by Gasteiger charge is -2.21. The molecule has 12 heavy (non-hydrogen) atoms. The molecular weight excluding hydrogens is 168 g/mol. The van der Waals surface area contributed by atoms with Gasteiger partial charge in [-0.25, -0.2) is 0 Å². The van der Waals surface area contributed by atoms with Crippen molar-refractivity contribution in [2.75, 3.05) is 5.75 Å². The lowest BCUT2D eigenvalue weighted by atomic mass is 9.91. The highest BCUT2D eigenvalue weighted by Crippen LogP contribution is 2.21. The molecular formula is C10H20OS. The summed E-state index contributed by atoms with van der Waals surface area (Å²) in [6.45, 7) is 8.02. The summed E-state index contributed by atoms with van der Waals surface area (Å²) in [6, 6.07) is 0. The largest absolute Gasteiger partial charge is 0.392 e. The Bertz CT molecular complexity index is 134. The second-order valence-electron chi connectivity index (χ2n) is 3.34. The number of rotatable bonds is 6. The molecule has 0 saturated heterocycles. The Morgan fingerprint density at radius 1 is 1.58 bits per heavy atom. The van der Waals surface area contributed by atoms with E-state index in [4.69, 9.17) is 0 Å². The molecule has 2 atom stereocenters. The van der Waals surface area contributed by atoms with Gasteiger partial charge in [-0.1, -0.05) is 31.9 Å². The maximum absolute atomic E-state index is 9.58. The Hall–Kier alpha value is 0.0500. The average Bonchev–Trinajstić information content (AvgIpc) is 2.04. The van der Waals surface area contributed by atoms with Crippen LogP contribution in [-0.4, -0.2) is 17.0 Å². The molecule has 1 nitrogen and oxygen atoms in total. The third-order valence-electron chi connectivity index (χ3n) is 2.15. The van der Waals surface area contributed by atoms with E-state index in [1.165, 1.54) is 6.42 Å². The van der Waals surface area contributed by atoms with Gasteiger partial charge in [-0.2, -0.15) is 12.6 Å². The van der Waals surface area contributed by atoms with E-state index in [1.54, 1.807) is 0 Å². The van der Waals surface area contributed by atoms with Crippen molar-refractivity contribution in [1.29, 1.82) is 0 Å². The molecule has 0 aliphatic carbocycles. The second kappa shape index (κ2) is 6.55. The van der Waals surface area contributed by atoms with Gasteiger partial charge in [-0.3, -0.25) is 0 Å². The Balaban J connectivity index is 3.94. The molecule has 0 aromatic heterocycles. The van der Waals surface area contributed by atoms with Gasteiger partial charge < -0.3 is 5.11 Å². The van der Waals surface area contributed by atoms with E-state index in [0.29, 0.717) is 5.75 Å². The van der Waals surface area contributed by atoms with Crippen molar-refractivity contribution in [3.63, 3.8) is 0 Å². The van der Waals surface area contributed by atoms with Crippen LogP contribution in [0.1, 0.15) is 33.1 Å². The van der Waals surface area contributed by atoms with Crippen molar-refractivity contribution in [3.05, 3.63) is 12.2 Å². The molecule has 0 unspecified atom stereocenters. The molecule has 0 amide bonds. The summed E-state index contributed by atoms with van der Waals surface area (Å²) in [5.41, 5.74) is 1.07. The normalized spacial score (nSPS) is 15.7. The fraction of sp³-hybridized carbons (Fsp3) is 0.800. The Labute approximate surface area is 81.3 Å². The van der Waals surface area contributed by atoms with Crippen LogP contribution in [0, 0.1) is 5.92 Å². The number of unbranched alkanes of at least 4 members (excludes halogenated alkanes) is 1. The van der Waals surface area contributed by atoms with Crippen LogP contribution < -0.4 is 0 Å². The first-order chi connectivity index (χ1) is 5.63. The highest BCUT2D eigenvalue weighted by molar-refractivity contribution is 7.80. The van der Waals surface area contributed by atoms with Crippen LogP contribution in [0.25, 0.3) is 0 Å². The van der Waals surface area contributed by atoms with Crippen LogP contribution in [-0.2, 0) is 0 Å². The fourth-order valence-electron chi connectivity index (χ4n) is 1.32. The number of aliphatic hydroxyl groups excluding tert-OH is 1. The predicted octanol–water partition coefficient (Wildman–Crippen LogP) is 2.66. The molecule has 0 aromatic rings. The molecule has 0 rings (SSSR count). The highest BCUT2D eigenvalue weighted by Gasteiger charge is 2.17. The van der Waals surface area contributed by atoms with Crippen LogP contribution in [0.4, 0.5) is 0 Å². The topological polar surface area (TPSA) is 20.2 Å². The van der Waals surface area contributed by atoms with Crippen LogP contribution in [0.3, 0.4) is 0 Å². The maximum atomic E-state index is 9.58. The minimum Gasteiger partial charge on any atom is -0.392 e. The van der Waals surface area contributed by atoms with Gasteiger partial charge in [-0.05, 0) is 13.3 Å². The van der Waals surface area contributed by atoms with E-state index in [2.05, 4.69) is 26.1 Å². The van der Waals surface area contributed by atoms with E-state index in [0.717, 1.165) is 18.4 Å². The first-order valence-corrected chi connectivity index (χ1v) is 5.21. The molecule has 0 saturated carbocycles. The predicted molar refractivity (Wildman–Crippen MR) is 57.7 cm³/mol. The summed E-state index contributed by atoms with van der Waals surface area (Å²) in [5, 5.41) is 9.58. The smallest absolute Gasteiger partial charge is 0.0693 e. The maximum Gasteiger partial charge on any atom is 0.0693 e. The van der Waals surface area contributed by atoms with Gasteiger partial charge in [0, 0.05) is 11.7 Å². The van der Waals surface area contributed by atoms with Gasteiger partial charge in [0.2, 0.25) is 0 Å². The van der Waals surface area contributed by atoms with Gasteiger partial charge in [-0.15, -0.1) is 0 Å². The van der Waals surface area contributed by atoms with E-state index >= 15 is 0 Å².